The van der Waals surface area contributed by atoms with Gasteiger partial charge in [0.05, 0.1) is 0 Å². The first-order valence-corrected chi connectivity index (χ1v) is 5.55. The minimum atomic E-state index is 0.243. The molecule has 1 aliphatic heterocycles. The first kappa shape index (κ1) is 12.0. The van der Waals surface area contributed by atoms with Crippen molar-refractivity contribution in [1.29, 1.82) is 0 Å². The fraction of sp³-hybridized carbons (Fsp3) is 1.00. The third-order valence-electron chi connectivity index (χ3n) is 3.54. The molecule has 1 unspecified atom stereocenters. The number of nitrogens with zero attached hydrogens (tertiary/aromatic N) is 2. The van der Waals surface area contributed by atoms with Gasteiger partial charge in [-0.05, 0) is 34.7 Å². The summed E-state index contributed by atoms with van der Waals surface area (Å²) in [6.07, 6.45) is 0. The SMILES string of the molecule is CC(C)N1CC(CN)N(C)C(C)(C)C1. The summed E-state index contributed by atoms with van der Waals surface area (Å²) in [6, 6.07) is 1.12. The van der Waals surface area contributed by atoms with Gasteiger partial charge in [-0.25, -0.2) is 0 Å². The second-order valence-corrected chi connectivity index (χ2v) is 5.34. The molecular weight excluding hydrogens is 174 g/mol. The van der Waals surface area contributed by atoms with Crippen LogP contribution in [0, 0.1) is 0 Å². The molecule has 1 heterocycles. The zero-order valence-corrected chi connectivity index (χ0v) is 10.2. The van der Waals surface area contributed by atoms with E-state index in [0.717, 1.165) is 19.6 Å². The van der Waals surface area contributed by atoms with Crippen LogP contribution in [0.1, 0.15) is 27.7 Å². The highest BCUT2D eigenvalue weighted by molar-refractivity contribution is 4.95. The fourth-order valence-electron chi connectivity index (χ4n) is 2.19. The van der Waals surface area contributed by atoms with E-state index in [9.17, 15) is 0 Å². The molecule has 1 rings (SSSR count). The lowest BCUT2D eigenvalue weighted by molar-refractivity contribution is -0.0155. The van der Waals surface area contributed by atoms with Crippen LogP contribution in [-0.2, 0) is 0 Å². The van der Waals surface area contributed by atoms with Crippen LogP contribution in [0.3, 0.4) is 0 Å². The van der Waals surface area contributed by atoms with Crippen molar-refractivity contribution in [2.75, 3.05) is 26.7 Å². The van der Waals surface area contributed by atoms with Crippen LogP contribution in [0.4, 0.5) is 0 Å². The lowest BCUT2D eigenvalue weighted by Crippen LogP contribution is -2.65. The average molecular weight is 199 g/mol. The molecular formula is C11H25N3. The van der Waals surface area contributed by atoms with Crippen LogP contribution in [0.15, 0.2) is 0 Å². The Labute approximate surface area is 88.2 Å². The highest BCUT2D eigenvalue weighted by atomic mass is 15.3. The van der Waals surface area contributed by atoms with Crippen molar-refractivity contribution < 1.29 is 0 Å². The molecule has 3 nitrogen and oxygen atoms in total. The molecule has 0 saturated carbocycles. The average Bonchev–Trinajstić information content (AvgIpc) is 2.09. The van der Waals surface area contributed by atoms with Gasteiger partial charge in [0, 0.05) is 37.3 Å². The second-order valence-electron chi connectivity index (χ2n) is 5.34. The van der Waals surface area contributed by atoms with E-state index in [1.165, 1.54) is 0 Å². The summed E-state index contributed by atoms with van der Waals surface area (Å²) in [6.45, 7) is 12.1. The van der Waals surface area contributed by atoms with E-state index in [1.54, 1.807) is 0 Å². The van der Waals surface area contributed by atoms with Crippen LogP contribution in [-0.4, -0.2) is 54.1 Å². The van der Waals surface area contributed by atoms with E-state index in [-0.39, 0.29) is 5.54 Å². The quantitative estimate of drug-likeness (QED) is 0.712. The Morgan fingerprint density at radius 3 is 2.43 bits per heavy atom. The summed E-state index contributed by atoms with van der Waals surface area (Å²) in [5.41, 5.74) is 6.05. The molecule has 0 aromatic heterocycles. The molecule has 1 fully saturated rings. The first-order valence-electron chi connectivity index (χ1n) is 5.55. The van der Waals surface area contributed by atoms with Crippen molar-refractivity contribution in [3.63, 3.8) is 0 Å². The molecule has 0 aromatic carbocycles. The smallest absolute Gasteiger partial charge is 0.0348 e. The molecule has 0 aliphatic carbocycles. The lowest BCUT2D eigenvalue weighted by Gasteiger charge is -2.51. The van der Waals surface area contributed by atoms with Crippen LogP contribution in [0.5, 0.6) is 0 Å². The maximum absolute atomic E-state index is 5.81. The van der Waals surface area contributed by atoms with Gasteiger partial charge in [0.15, 0.2) is 0 Å². The predicted molar refractivity (Wildman–Crippen MR) is 61.4 cm³/mol. The summed E-state index contributed by atoms with van der Waals surface area (Å²) in [7, 11) is 2.19. The maximum Gasteiger partial charge on any atom is 0.0348 e. The Balaban J connectivity index is 2.74. The highest BCUT2D eigenvalue weighted by Crippen LogP contribution is 2.24. The zero-order chi connectivity index (χ0) is 10.9. The van der Waals surface area contributed by atoms with E-state index < -0.39 is 0 Å². The lowest BCUT2D eigenvalue weighted by atomic mass is 9.94. The summed E-state index contributed by atoms with van der Waals surface area (Å²) in [4.78, 5) is 4.95. The number of rotatable bonds is 2. The Morgan fingerprint density at radius 1 is 1.43 bits per heavy atom. The van der Waals surface area contributed by atoms with Crippen molar-refractivity contribution in [2.45, 2.75) is 45.3 Å². The zero-order valence-electron chi connectivity index (χ0n) is 10.2. The molecule has 1 aliphatic rings. The maximum atomic E-state index is 5.81. The van der Waals surface area contributed by atoms with Crippen molar-refractivity contribution in [3.8, 4) is 0 Å². The summed E-state index contributed by atoms with van der Waals surface area (Å²) < 4.78 is 0. The van der Waals surface area contributed by atoms with E-state index in [0.29, 0.717) is 12.1 Å². The van der Waals surface area contributed by atoms with E-state index in [2.05, 4.69) is 44.5 Å². The number of hydrogen-bond donors (Lipinski definition) is 1. The van der Waals surface area contributed by atoms with Gasteiger partial charge in [0.25, 0.3) is 0 Å². The van der Waals surface area contributed by atoms with Gasteiger partial charge in [-0.2, -0.15) is 0 Å². The van der Waals surface area contributed by atoms with Crippen molar-refractivity contribution >= 4 is 0 Å². The molecule has 3 heteroatoms. The highest BCUT2D eigenvalue weighted by Gasteiger charge is 2.37. The fourth-order valence-corrected chi connectivity index (χ4v) is 2.19. The van der Waals surface area contributed by atoms with Gasteiger partial charge in [-0.1, -0.05) is 0 Å². The standard InChI is InChI=1S/C11H25N3/c1-9(2)14-7-10(6-12)13(5)11(3,4)8-14/h9-10H,6-8,12H2,1-5H3. The Hall–Kier alpha value is -0.120. The number of piperazine rings is 1. The molecule has 14 heavy (non-hydrogen) atoms. The Bertz CT molecular complexity index is 189. The molecule has 0 amide bonds. The summed E-state index contributed by atoms with van der Waals surface area (Å²) in [5, 5.41) is 0. The van der Waals surface area contributed by atoms with Gasteiger partial charge < -0.3 is 5.73 Å². The van der Waals surface area contributed by atoms with Gasteiger partial charge in [0.1, 0.15) is 0 Å². The van der Waals surface area contributed by atoms with E-state index >= 15 is 0 Å². The third-order valence-corrected chi connectivity index (χ3v) is 3.54. The van der Waals surface area contributed by atoms with Crippen molar-refractivity contribution in [3.05, 3.63) is 0 Å². The van der Waals surface area contributed by atoms with Crippen LogP contribution in [0.2, 0.25) is 0 Å². The van der Waals surface area contributed by atoms with E-state index in [1.807, 2.05) is 0 Å². The topological polar surface area (TPSA) is 32.5 Å². The van der Waals surface area contributed by atoms with Crippen LogP contribution >= 0.6 is 0 Å². The molecule has 1 atom stereocenters. The molecule has 0 spiro atoms. The van der Waals surface area contributed by atoms with Gasteiger partial charge in [-0.15, -0.1) is 0 Å². The molecule has 0 radical (unpaired) electrons. The number of nitrogens with two attached hydrogens (primary N) is 1. The summed E-state index contributed by atoms with van der Waals surface area (Å²) in [5.74, 6) is 0. The number of hydrogen-bond acceptors (Lipinski definition) is 3. The minimum Gasteiger partial charge on any atom is -0.329 e. The van der Waals surface area contributed by atoms with Crippen molar-refractivity contribution in [2.24, 2.45) is 5.73 Å². The molecule has 84 valence electrons. The predicted octanol–water partition coefficient (Wildman–Crippen LogP) is 0.748. The van der Waals surface area contributed by atoms with Crippen molar-refractivity contribution in [1.82, 2.24) is 9.80 Å². The normalized spacial score (nSPS) is 29.8. The van der Waals surface area contributed by atoms with Crippen LogP contribution in [0.25, 0.3) is 0 Å². The Kier molecular flexibility index (Phi) is 3.56. The Morgan fingerprint density at radius 2 is 2.00 bits per heavy atom. The van der Waals surface area contributed by atoms with Crippen LogP contribution < -0.4 is 5.73 Å². The molecule has 0 bridgehead atoms. The molecule has 2 N–H and O–H groups in total. The molecule has 0 aromatic rings. The monoisotopic (exact) mass is 199 g/mol. The van der Waals surface area contributed by atoms with Gasteiger partial charge in [-0.3, -0.25) is 9.80 Å². The largest absolute Gasteiger partial charge is 0.329 e. The van der Waals surface area contributed by atoms with E-state index in [4.69, 9.17) is 5.73 Å². The van der Waals surface area contributed by atoms with Gasteiger partial charge >= 0.3 is 0 Å². The minimum absolute atomic E-state index is 0.243. The number of likely N-dealkylation sites (N-methyl/N-ethyl adjacent to an activating group) is 1. The third kappa shape index (κ3) is 2.27. The molecule has 1 saturated heterocycles. The first-order chi connectivity index (χ1) is 6.38. The van der Waals surface area contributed by atoms with Gasteiger partial charge in [0.2, 0.25) is 0 Å². The second kappa shape index (κ2) is 4.17. The summed E-state index contributed by atoms with van der Waals surface area (Å²) >= 11 is 0.